The normalized spacial score (nSPS) is 11.2. The van der Waals surface area contributed by atoms with E-state index in [1.54, 1.807) is 6.07 Å². The molecule has 0 aliphatic rings. The van der Waals surface area contributed by atoms with Crippen molar-refractivity contribution in [2.24, 2.45) is 5.10 Å². The molecule has 3 amide bonds. The van der Waals surface area contributed by atoms with Gasteiger partial charge in [-0.2, -0.15) is 18.3 Å². The fourth-order valence-electron chi connectivity index (χ4n) is 3.07. The first-order valence-electron chi connectivity index (χ1n) is 10.9. The lowest BCUT2D eigenvalue weighted by atomic mass is 10.1. The van der Waals surface area contributed by atoms with Crippen LogP contribution in [0.15, 0.2) is 64.2 Å². The molecule has 3 aromatic rings. The number of rotatable bonds is 8. The van der Waals surface area contributed by atoms with Crippen LogP contribution in [0.25, 0.3) is 0 Å². The summed E-state index contributed by atoms with van der Waals surface area (Å²) in [6.45, 7) is -0.612. The van der Waals surface area contributed by atoms with E-state index in [1.807, 2.05) is 0 Å². The molecule has 210 valence electrons. The van der Waals surface area contributed by atoms with Gasteiger partial charge in [0.25, 0.3) is 5.91 Å². The molecule has 3 N–H and O–H groups in total. The van der Waals surface area contributed by atoms with Gasteiger partial charge < -0.3 is 20.1 Å². The molecule has 0 spiro atoms. The number of carbonyl (C=O) groups excluding carboxylic acids is 3. The molecule has 3 rings (SSSR count). The number of hydrazone groups is 1. The second-order valence-corrected chi connectivity index (χ2v) is 9.39. The van der Waals surface area contributed by atoms with Crippen molar-refractivity contribution in [2.75, 3.05) is 24.4 Å². The lowest BCUT2D eigenvalue weighted by molar-refractivity contribution is -0.137. The highest BCUT2D eigenvalue weighted by Crippen LogP contribution is 2.36. The number of nitrogens with zero attached hydrogens (tertiary/aromatic N) is 1. The molecule has 0 atom stereocenters. The molecule has 0 aromatic heterocycles. The Morgan fingerprint density at radius 2 is 1.73 bits per heavy atom. The fraction of sp³-hybridized carbons (Fsp3) is 0.120. The second-order valence-electron chi connectivity index (χ2n) is 7.69. The van der Waals surface area contributed by atoms with Gasteiger partial charge in [0.1, 0.15) is 0 Å². The SMILES string of the molecule is COc1cc(/C=N\NC(=O)C(=O)Nc2cccc(Cl)c2Cl)ccc1OCC(=O)Nc1ccc(Br)cc1C(F)(F)F. The molecule has 15 heteroatoms. The maximum absolute atomic E-state index is 13.3. The van der Waals surface area contributed by atoms with Crippen LogP contribution in [-0.4, -0.2) is 37.7 Å². The van der Waals surface area contributed by atoms with Gasteiger partial charge in [-0.3, -0.25) is 14.4 Å². The summed E-state index contributed by atoms with van der Waals surface area (Å²) in [7, 11) is 1.33. The Kier molecular flexibility index (Phi) is 10.4. The maximum atomic E-state index is 13.3. The van der Waals surface area contributed by atoms with Crippen molar-refractivity contribution in [3.63, 3.8) is 0 Å². The number of methoxy groups -OCH3 is 1. The Morgan fingerprint density at radius 1 is 0.975 bits per heavy atom. The van der Waals surface area contributed by atoms with E-state index in [-0.39, 0.29) is 31.7 Å². The van der Waals surface area contributed by atoms with Crippen molar-refractivity contribution in [3.8, 4) is 11.5 Å². The van der Waals surface area contributed by atoms with Crippen LogP contribution in [0.1, 0.15) is 11.1 Å². The first-order chi connectivity index (χ1) is 18.9. The Hall–Kier alpha value is -3.81. The van der Waals surface area contributed by atoms with Gasteiger partial charge in [-0.15, -0.1) is 0 Å². The van der Waals surface area contributed by atoms with Crippen molar-refractivity contribution < 1.29 is 37.0 Å². The van der Waals surface area contributed by atoms with Crippen molar-refractivity contribution in [2.45, 2.75) is 6.18 Å². The third-order valence-corrected chi connectivity index (χ3v) is 6.21. The van der Waals surface area contributed by atoms with Crippen molar-refractivity contribution in [3.05, 3.63) is 80.2 Å². The van der Waals surface area contributed by atoms with Gasteiger partial charge in [-0.25, -0.2) is 5.43 Å². The van der Waals surface area contributed by atoms with Crippen LogP contribution in [0.2, 0.25) is 10.0 Å². The molecule has 0 bridgehead atoms. The highest BCUT2D eigenvalue weighted by atomic mass is 79.9. The molecule has 0 aliphatic heterocycles. The van der Waals surface area contributed by atoms with Gasteiger partial charge in [-0.1, -0.05) is 45.2 Å². The minimum atomic E-state index is -4.68. The Bertz CT molecular complexity index is 1470. The van der Waals surface area contributed by atoms with Crippen molar-refractivity contribution >= 4 is 74.4 Å². The molecule has 0 fully saturated rings. The molecule has 40 heavy (non-hydrogen) atoms. The van der Waals surface area contributed by atoms with Crippen LogP contribution < -0.4 is 25.5 Å². The van der Waals surface area contributed by atoms with Gasteiger partial charge >= 0.3 is 18.0 Å². The third-order valence-electron chi connectivity index (χ3n) is 4.89. The lowest BCUT2D eigenvalue weighted by Crippen LogP contribution is -2.32. The zero-order valence-corrected chi connectivity index (χ0v) is 23.3. The summed E-state index contributed by atoms with van der Waals surface area (Å²) in [4.78, 5) is 36.3. The summed E-state index contributed by atoms with van der Waals surface area (Å²) in [6, 6.07) is 12.2. The highest BCUT2D eigenvalue weighted by Gasteiger charge is 2.34. The molecule has 9 nitrogen and oxygen atoms in total. The Labute approximate surface area is 243 Å². The zero-order valence-electron chi connectivity index (χ0n) is 20.2. The summed E-state index contributed by atoms with van der Waals surface area (Å²) in [6.07, 6.45) is -3.47. The largest absolute Gasteiger partial charge is 0.493 e. The fourth-order valence-corrected chi connectivity index (χ4v) is 3.78. The first-order valence-corrected chi connectivity index (χ1v) is 12.5. The van der Waals surface area contributed by atoms with E-state index in [0.717, 1.165) is 12.1 Å². The number of ether oxygens (including phenoxy) is 2. The minimum absolute atomic E-state index is 0.0695. The molecular formula is C25H18BrCl2F3N4O5. The van der Waals surface area contributed by atoms with Gasteiger partial charge in [0.2, 0.25) is 0 Å². The van der Waals surface area contributed by atoms with E-state index in [9.17, 15) is 27.6 Å². The third kappa shape index (κ3) is 8.34. The van der Waals surface area contributed by atoms with E-state index in [0.29, 0.717) is 5.56 Å². The molecule has 0 heterocycles. The number of hydrogen-bond donors (Lipinski definition) is 3. The molecule has 0 aliphatic carbocycles. The average Bonchev–Trinajstić information content (AvgIpc) is 2.90. The minimum Gasteiger partial charge on any atom is -0.493 e. The number of anilines is 2. The molecule has 0 saturated carbocycles. The zero-order chi connectivity index (χ0) is 29.4. The number of nitrogens with one attached hydrogen (secondary N) is 3. The first kappa shape index (κ1) is 30.7. The summed E-state index contributed by atoms with van der Waals surface area (Å²) in [5.74, 6) is -2.67. The average molecular weight is 662 g/mol. The highest BCUT2D eigenvalue weighted by molar-refractivity contribution is 9.10. The van der Waals surface area contributed by atoms with Crippen LogP contribution in [0.4, 0.5) is 24.5 Å². The molecule has 0 unspecified atom stereocenters. The molecule has 0 radical (unpaired) electrons. The molecule has 3 aromatic carbocycles. The van der Waals surface area contributed by atoms with E-state index in [1.165, 1.54) is 49.7 Å². The van der Waals surface area contributed by atoms with Crippen LogP contribution in [-0.2, 0) is 20.6 Å². The van der Waals surface area contributed by atoms with Crippen LogP contribution in [0.5, 0.6) is 11.5 Å². The standard InChI is InChI=1S/C25H18BrCl2F3N4O5/c1-39-20-9-13(11-32-35-24(38)23(37)34-18-4-2-3-16(27)22(18)28)5-8-19(20)40-12-21(36)33-17-7-6-14(26)10-15(17)25(29,30)31/h2-11H,12H2,1H3,(H,33,36)(H,34,37)(H,35,38)/b32-11-. The van der Waals surface area contributed by atoms with Crippen LogP contribution in [0, 0.1) is 0 Å². The predicted octanol–water partition coefficient (Wildman–Crippen LogP) is 5.89. The van der Waals surface area contributed by atoms with Crippen molar-refractivity contribution in [1.82, 2.24) is 5.43 Å². The number of halogens is 6. The number of amides is 3. The molecule has 0 saturated heterocycles. The van der Waals surface area contributed by atoms with Gasteiger partial charge in [0, 0.05) is 4.47 Å². The van der Waals surface area contributed by atoms with Gasteiger partial charge in [0.15, 0.2) is 18.1 Å². The van der Waals surface area contributed by atoms with E-state index in [4.69, 9.17) is 32.7 Å². The smallest absolute Gasteiger partial charge is 0.418 e. The number of alkyl halides is 3. The van der Waals surface area contributed by atoms with E-state index in [2.05, 4.69) is 37.1 Å². The maximum Gasteiger partial charge on any atom is 0.418 e. The van der Waals surface area contributed by atoms with Crippen LogP contribution in [0.3, 0.4) is 0 Å². The van der Waals surface area contributed by atoms with Crippen LogP contribution >= 0.6 is 39.1 Å². The second kappa shape index (κ2) is 13.5. The Balaban J connectivity index is 1.58. The van der Waals surface area contributed by atoms with E-state index >= 15 is 0 Å². The summed E-state index contributed by atoms with van der Waals surface area (Å²) in [5, 5.41) is 8.45. The number of carbonyl (C=O) groups is 3. The Morgan fingerprint density at radius 3 is 2.42 bits per heavy atom. The molecular weight excluding hydrogens is 644 g/mol. The number of benzene rings is 3. The van der Waals surface area contributed by atoms with Gasteiger partial charge in [-0.05, 0) is 54.1 Å². The van der Waals surface area contributed by atoms with E-state index < -0.39 is 41.8 Å². The quantitative estimate of drug-likeness (QED) is 0.158. The monoisotopic (exact) mass is 660 g/mol. The van der Waals surface area contributed by atoms with Gasteiger partial charge in [0.05, 0.1) is 40.3 Å². The van der Waals surface area contributed by atoms with Crippen molar-refractivity contribution in [1.29, 1.82) is 0 Å². The summed E-state index contributed by atoms with van der Waals surface area (Å²) >= 11 is 14.8. The number of hydrogen-bond acceptors (Lipinski definition) is 6. The topological polar surface area (TPSA) is 118 Å². The summed E-state index contributed by atoms with van der Waals surface area (Å²) in [5.41, 5.74) is 1.17. The predicted molar refractivity (Wildman–Crippen MR) is 147 cm³/mol. The lowest BCUT2D eigenvalue weighted by Gasteiger charge is -2.15. The summed E-state index contributed by atoms with van der Waals surface area (Å²) < 4.78 is 50.6.